The van der Waals surface area contributed by atoms with Gasteiger partial charge in [0.15, 0.2) is 22.8 Å². The molecule has 3 aromatic rings. The quantitative estimate of drug-likeness (QED) is 0.523. The predicted molar refractivity (Wildman–Crippen MR) is 135 cm³/mol. The molecule has 0 saturated carbocycles. The van der Waals surface area contributed by atoms with Gasteiger partial charge in [-0.3, -0.25) is 9.36 Å². The molecule has 2 fully saturated rings. The maximum Gasteiger partial charge on any atom is 0.248 e. The van der Waals surface area contributed by atoms with Crippen LogP contribution in [0.4, 0.5) is 11.8 Å². The van der Waals surface area contributed by atoms with Crippen LogP contribution in [0.2, 0.25) is 0 Å². The van der Waals surface area contributed by atoms with E-state index >= 15 is 0 Å². The van der Waals surface area contributed by atoms with Gasteiger partial charge in [0.1, 0.15) is 12.4 Å². The van der Waals surface area contributed by atoms with Crippen LogP contribution in [0.3, 0.4) is 0 Å². The van der Waals surface area contributed by atoms with Gasteiger partial charge in [-0.1, -0.05) is 13.8 Å². The van der Waals surface area contributed by atoms with E-state index < -0.39 is 6.61 Å². The van der Waals surface area contributed by atoms with E-state index in [1.54, 1.807) is 17.3 Å². The first-order valence-electron chi connectivity index (χ1n) is 12.5. The molecule has 2 aliphatic heterocycles. The van der Waals surface area contributed by atoms with E-state index in [-0.39, 0.29) is 5.91 Å². The number of imidazole rings is 1. The van der Waals surface area contributed by atoms with Crippen molar-refractivity contribution in [2.24, 2.45) is 5.92 Å². The third-order valence-corrected chi connectivity index (χ3v) is 6.50. The molecule has 0 atom stereocenters. The molecule has 3 aromatic heterocycles. The molecule has 2 aliphatic rings. The molecule has 0 radical (unpaired) electrons. The molecule has 0 aromatic carbocycles. The molecule has 5 rings (SSSR count). The molecule has 0 unspecified atom stereocenters. The number of hydrogen-bond acceptors (Lipinski definition) is 10. The molecule has 12 nitrogen and oxygen atoms in total. The summed E-state index contributed by atoms with van der Waals surface area (Å²) in [6, 6.07) is 0. The minimum Gasteiger partial charge on any atom is -0.387 e. The fourth-order valence-corrected chi connectivity index (χ4v) is 4.64. The minimum atomic E-state index is -0.462. The molecule has 1 N–H and O–H groups in total. The van der Waals surface area contributed by atoms with E-state index in [4.69, 9.17) is 19.7 Å². The number of carbonyl (C=O) groups is 1. The Bertz CT molecular complexity index is 1210. The lowest BCUT2D eigenvalue weighted by atomic mass is 10.2. The normalized spacial score (nSPS) is 16.9. The van der Waals surface area contributed by atoms with E-state index in [1.165, 1.54) is 0 Å². The Morgan fingerprint density at radius 3 is 2.33 bits per heavy atom. The summed E-state index contributed by atoms with van der Waals surface area (Å²) < 4.78 is 7.76. The largest absolute Gasteiger partial charge is 0.387 e. The number of rotatable bonds is 6. The molecular formula is C24H33N9O3. The zero-order valence-corrected chi connectivity index (χ0v) is 21.1. The lowest BCUT2D eigenvalue weighted by molar-refractivity contribution is -0.134. The Balaban J connectivity index is 1.62. The third kappa shape index (κ3) is 4.82. The smallest absolute Gasteiger partial charge is 0.248 e. The monoisotopic (exact) mass is 495 g/mol. The summed E-state index contributed by atoms with van der Waals surface area (Å²) in [5.74, 6) is 3.01. The van der Waals surface area contributed by atoms with Gasteiger partial charge in [0.25, 0.3) is 0 Å². The summed E-state index contributed by atoms with van der Waals surface area (Å²) in [5.41, 5.74) is 2.30. The average molecular weight is 496 g/mol. The van der Waals surface area contributed by atoms with Gasteiger partial charge >= 0.3 is 0 Å². The van der Waals surface area contributed by atoms with Gasteiger partial charge in [0.05, 0.1) is 18.8 Å². The molecule has 1 amide bonds. The molecule has 36 heavy (non-hydrogen) atoms. The lowest BCUT2D eigenvalue weighted by Crippen LogP contribution is -2.50. The highest BCUT2D eigenvalue weighted by atomic mass is 16.5. The van der Waals surface area contributed by atoms with E-state index in [2.05, 4.69) is 38.2 Å². The van der Waals surface area contributed by atoms with E-state index in [0.717, 1.165) is 48.1 Å². The van der Waals surface area contributed by atoms with E-state index in [0.29, 0.717) is 57.0 Å². The Morgan fingerprint density at radius 2 is 1.69 bits per heavy atom. The third-order valence-electron chi connectivity index (χ3n) is 6.50. The topological polar surface area (TPSA) is 126 Å². The first kappa shape index (κ1) is 24.3. The minimum absolute atomic E-state index is 0.240. The van der Waals surface area contributed by atoms with Crippen LogP contribution < -0.4 is 9.80 Å². The highest BCUT2D eigenvalue weighted by Gasteiger charge is 2.28. The summed E-state index contributed by atoms with van der Waals surface area (Å²) in [4.78, 5) is 41.8. The van der Waals surface area contributed by atoms with Crippen molar-refractivity contribution in [1.82, 2.24) is 34.4 Å². The summed E-state index contributed by atoms with van der Waals surface area (Å²) in [5, 5.41) is 9.24. The number of aryl methyl sites for hydroxylation is 1. The van der Waals surface area contributed by atoms with Crippen LogP contribution in [-0.2, 0) is 16.1 Å². The van der Waals surface area contributed by atoms with E-state index in [9.17, 15) is 9.90 Å². The van der Waals surface area contributed by atoms with Crippen LogP contribution >= 0.6 is 0 Å². The van der Waals surface area contributed by atoms with Crippen molar-refractivity contribution in [2.45, 2.75) is 27.3 Å². The van der Waals surface area contributed by atoms with Crippen molar-refractivity contribution < 1.29 is 14.6 Å². The van der Waals surface area contributed by atoms with Crippen molar-refractivity contribution in [3.8, 4) is 11.4 Å². The molecule has 2 saturated heterocycles. The highest BCUT2D eigenvalue weighted by molar-refractivity contribution is 5.88. The van der Waals surface area contributed by atoms with E-state index in [1.807, 2.05) is 6.92 Å². The number of hydrogen-bond donors (Lipinski definition) is 1. The summed E-state index contributed by atoms with van der Waals surface area (Å²) in [7, 11) is 0. The molecule has 192 valence electrons. The highest BCUT2D eigenvalue weighted by Crippen LogP contribution is 2.32. The molecule has 12 heteroatoms. The van der Waals surface area contributed by atoms with Gasteiger partial charge in [-0.05, 0) is 12.8 Å². The van der Waals surface area contributed by atoms with Crippen LogP contribution in [0.15, 0.2) is 12.4 Å². The second kappa shape index (κ2) is 10.3. The fraction of sp³-hybridized carbons (Fsp3) is 0.583. The molecule has 0 aliphatic carbocycles. The van der Waals surface area contributed by atoms with Crippen molar-refractivity contribution in [3.05, 3.63) is 18.2 Å². The number of aliphatic hydroxyl groups is 1. The molecule has 5 heterocycles. The van der Waals surface area contributed by atoms with Crippen LogP contribution in [0.1, 0.15) is 19.7 Å². The zero-order valence-electron chi connectivity index (χ0n) is 21.1. The lowest BCUT2D eigenvalue weighted by Gasteiger charge is -2.35. The van der Waals surface area contributed by atoms with Gasteiger partial charge < -0.3 is 24.5 Å². The maximum atomic E-state index is 12.0. The summed E-state index contributed by atoms with van der Waals surface area (Å²) in [6.45, 7) is 11.5. The van der Waals surface area contributed by atoms with Crippen LogP contribution in [0.25, 0.3) is 22.6 Å². The Hall–Kier alpha value is -3.38. The number of piperazine rings is 1. The Morgan fingerprint density at radius 1 is 1.00 bits per heavy atom. The number of fused-ring (bicyclic) bond motifs is 1. The van der Waals surface area contributed by atoms with Crippen molar-refractivity contribution in [2.75, 3.05) is 68.9 Å². The number of anilines is 2. The van der Waals surface area contributed by atoms with Crippen molar-refractivity contribution in [3.63, 3.8) is 0 Å². The Labute approximate surface area is 209 Å². The Kier molecular flexibility index (Phi) is 6.97. The SMILES string of the molecule is Cc1ncc(-c2nc(N3CCOCC3)c3nc(N4CCN(C(=O)CO)CC4)n(CC(C)C)c3n2)cn1. The standard InChI is InChI=1S/C24H33N9O3/c1-16(2)14-33-23-20(27-24(33)32-6-4-30(5-7-32)19(35)15-34)22(31-8-10-36-11-9-31)28-21(29-23)18-12-25-17(3)26-13-18/h12-13,16,34H,4-11,14-15H2,1-3H3. The number of ether oxygens (including phenoxy) is 1. The zero-order chi connectivity index (χ0) is 25.2. The first-order chi connectivity index (χ1) is 17.4. The predicted octanol–water partition coefficient (Wildman–Crippen LogP) is 0.725. The van der Waals surface area contributed by atoms with Gasteiger partial charge in [-0.2, -0.15) is 0 Å². The van der Waals surface area contributed by atoms with Gasteiger partial charge in [-0.25, -0.2) is 24.9 Å². The maximum absolute atomic E-state index is 12.0. The summed E-state index contributed by atoms with van der Waals surface area (Å²) in [6.07, 6.45) is 3.52. The van der Waals surface area contributed by atoms with Crippen molar-refractivity contribution >= 4 is 28.8 Å². The number of nitrogens with zero attached hydrogens (tertiary/aromatic N) is 9. The van der Waals surface area contributed by atoms with Gasteiger partial charge in [0.2, 0.25) is 11.9 Å². The number of aromatic nitrogens is 6. The van der Waals surface area contributed by atoms with Gasteiger partial charge in [0, 0.05) is 58.2 Å². The van der Waals surface area contributed by atoms with Crippen LogP contribution in [0.5, 0.6) is 0 Å². The first-order valence-corrected chi connectivity index (χ1v) is 12.5. The second-order valence-corrected chi connectivity index (χ2v) is 9.60. The average Bonchev–Trinajstić information content (AvgIpc) is 3.26. The fourth-order valence-electron chi connectivity index (χ4n) is 4.64. The summed E-state index contributed by atoms with van der Waals surface area (Å²) >= 11 is 0. The van der Waals surface area contributed by atoms with Crippen LogP contribution in [-0.4, -0.2) is 104 Å². The van der Waals surface area contributed by atoms with Crippen LogP contribution in [0, 0.1) is 12.8 Å². The van der Waals surface area contributed by atoms with Gasteiger partial charge in [-0.15, -0.1) is 0 Å². The second-order valence-electron chi connectivity index (χ2n) is 9.60. The number of aliphatic hydroxyl groups excluding tert-OH is 1. The molecule has 0 bridgehead atoms. The molecular weight excluding hydrogens is 462 g/mol. The number of amides is 1. The number of morpholine rings is 1. The molecule has 0 spiro atoms. The van der Waals surface area contributed by atoms with Crippen molar-refractivity contribution in [1.29, 1.82) is 0 Å². The number of carbonyl (C=O) groups excluding carboxylic acids is 1.